The zero-order valence-electron chi connectivity index (χ0n) is 11.3. The molecule has 0 amide bonds. The second-order valence-corrected chi connectivity index (χ2v) is 4.84. The Morgan fingerprint density at radius 2 is 1.71 bits per heavy atom. The molecular weight excluding hydrogens is 262 g/mol. The number of fused-ring (bicyclic) bond motifs is 1. The van der Waals surface area contributed by atoms with Crippen molar-refractivity contribution in [1.29, 1.82) is 0 Å². The minimum absolute atomic E-state index is 0.760. The van der Waals surface area contributed by atoms with Crippen LogP contribution < -0.4 is 0 Å². The van der Waals surface area contributed by atoms with Gasteiger partial charge < -0.3 is 4.57 Å². The SMILES string of the molecule is C1=NCCn2c1nnc2-c1cccc(-c2ccccc2)n1. The Kier molecular flexibility index (Phi) is 2.81. The van der Waals surface area contributed by atoms with Gasteiger partial charge in [-0.05, 0) is 12.1 Å². The van der Waals surface area contributed by atoms with E-state index in [0.717, 1.165) is 41.7 Å². The van der Waals surface area contributed by atoms with E-state index in [9.17, 15) is 0 Å². The summed E-state index contributed by atoms with van der Waals surface area (Å²) in [6.07, 6.45) is 1.76. The van der Waals surface area contributed by atoms with Crippen LogP contribution in [0.1, 0.15) is 5.82 Å². The van der Waals surface area contributed by atoms with E-state index in [0.29, 0.717) is 0 Å². The quantitative estimate of drug-likeness (QED) is 0.721. The molecule has 5 heteroatoms. The zero-order chi connectivity index (χ0) is 14.1. The topological polar surface area (TPSA) is 56.0 Å². The van der Waals surface area contributed by atoms with E-state index in [1.807, 2.05) is 36.4 Å². The molecule has 1 aliphatic heterocycles. The summed E-state index contributed by atoms with van der Waals surface area (Å²) >= 11 is 0. The fourth-order valence-corrected chi connectivity index (χ4v) is 2.45. The van der Waals surface area contributed by atoms with Crippen molar-refractivity contribution in [3.63, 3.8) is 0 Å². The van der Waals surface area contributed by atoms with Gasteiger partial charge in [-0.1, -0.05) is 36.4 Å². The van der Waals surface area contributed by atoms with Crippen LogP contribution in [0.5, 0.6) is 0 Å². The van der Waals surface area contributed by atoms with Gasteiger partial charge in [-0.3, -0.25) is 4.99 Å². The van der Waals surface area contributed by atoms with Crippen molar-refractivity contribution >= 4 is 6.21 Å². The predicted molar refractivity (Wildman–Crippen MR) is 81.2 cm³/mol. The molecule has 4 rings (SSSR count). The molecule has 0 N–H and O–H groups in total. The first-order valence-corrected chi connectivity index (χ1v) is 6.88. The van der Waals surface area contributed by atoms with Crippen LogP contribution in [-0.4, -0.2) is 32.5 Å². The van der Waals surface area contributed by atoms with Gasteiger partial charge in [-0.25, -0.2) is 4.98 Å². The molecule has 0 radical (unpaired) electrons. The van der Waals surface area contributed by atoms with Crippen LogP contribution >= 0.6 is 0 Å². The van der Waals surface area contributed by atoms with Crippen molar-refractivity contribution in [2.24, 2.45) is 4.99 Å². The number of nitrogens with zero attached hydrogens (tertiary/aromatic N) is 5. The maximum Gasteiger partial charge on any atom is 0.183 e. The molecule has 3 aromatic rings. The molecule has 0 fully saturated rings. The molecule has 21 heavy (non-hydrogen) atoms. The van der Waals surface area contributed by atoms with Crippen molar-refractivity contribution in [2.45, 2.75) is 6.54 Å². The Balaban J connectivity index is 1.80. The second-order valence-electron chi connectivity index (χ2n) is 4.84. The molecule has 1 aliphatic rings. The zero-order valence-corrected chi connectivity index (χ0v) is 11.3. The largest absolute Gasteiger partial charge is 0.303 e. The van der Waals surface area contributed by atoms with Crippen LogP contribution in [0.25, 0.3) is 22.8 Å². The van der Waals surface area contributed by atoms with Gasteiger partial charge in [0.05, 0.1) is 18.5 Å². The highest BCUT2D eigenvalue weighted by Gasteiger charge is 2.15. The van der Waals surface area contributed by atoms with Gasteiger partial charge in [0.1, 0.15) is 5.69 Å². The first-order chi connectivity index (χ1) is 10.4. The monoisotopic (exact) mass is 275 g/mol. The Morgan fingerprint density at radius 1 is 0.857 bits per heavy atom. The average molecular weight is 275 g/mol. The molecule has 2 aromatic heterocycles. The molecule has 1 aromatic carbocycles. The summed E-state index contributed by atoms with van der Waals surface area (Å²) in [4.78, 5) is 8.95. The van der Waals surface area contributed by atoms with E-state index in [-0.39, 0.29) is 0 Å². The average Bonchev–Trinajstić information content (AvgIpc) is 3.00. The third-order valence-corrected chi connectivity index (χ3v) is 3.49. The summed E-state index contributed by atoms with van der Waals surface area (Å²) in [7, 11) is 0. The number of hydrogen-bond donors (Lipinski definition) is 0. The van der Waals surface area contributed by atoms with E-state index in [1.54, 1.807) is 6.21 Å². The van der Waals surface area contributed by atoms with Crippen LogP contribution in [-0.2, 0) is 6.54 Å². The third kappa shape index (κ3) is 2.12. The van der Waals surface area contributed by atoms with Crippen molar-refractivity contribution in [3.05, 3.63) is 54.4 Å². The molecular formula is C16H13N5. The van der Waals surface area contributed by atoms with Crippen LogP contribution in [0.3, 0.4) is 0 Å². The Hall–Kier alpha value is -2.82. The van der Waals surface area contributed by atoms with Crippen molar-refractivity contribution in [2.75, 3.05) is 6.54 Å². The predicted octanol–water partition coefficient (Wildman–Crippen LogP) is 2.44. The lowest BCUT2D eigenvalue weighted by Crippen LogP contribution is -2.12. The van der Waals surface area contributed by atoms with Gasteiger partial charge in [0.15, 0.2) is 11.6 Å². The molecule has 102 valence electrons. The maximum absolute atomic E-state index is 4.73. The molecule has 0 aliphatic carbocycles. The lowest BCUT2D eigenvalue weighted by molar-refractivity contribution is 0.691. The van der Waals surface area contributed by atoms with E-state index in [2.05, 4.69) is 31.9 Å². The highest BCUT2D eigenvalue weighted by Crippen LogP contribution is 2.22. The van der Waals surface area contributed by atoms with Crippen LogP contribution in [0.4, 0.5) is 0 Å². The molecule has 0 atom stereocenters. The summed E-state index contributed by atoms with van der Waals surface area (Å²) in [6.45, 7) is 1.56. The fraction of sp³-hybridized carbons (Fsp3) is 0.125. The molecule has 0 spiro atoms. The Morgan fingerprint density at radius 3 is 2.62 bits per heavy atom. The molecule has 0 bridgehead atoms. The number of hydrogen-bond acceptors (Lipinski definition) is 4. The summed E-state index contributed by atoms with van der Waals surface area (Å²) in [5.41, 5.74) is 2.87. The van der Waals surface area contributed by atoms with Gasteiger partial charge in [0, 0.05) is 12.1 Å². The van der Waals surface area contributed by atoms with Gasteiger partial charge in [0.25, 0.3) is 0 Å². The normalized spacial score (nSPS) is 13.1. The van der Waals surface area contributed by atoms with E-state index >= 15 is 0 Å². The molecule has 3 heterocycles. The van der Waals surface area contributed by atoms with E-state index in [4.69, 9.17) is 4.98 Å². The minimum atomic E-state index is 0.760. The first-order valence-electron chi connectivity index (χ1n) is 6.88. The van der Waals surface area contributed by atoms with Crippen molar-refractivity contribution in [1.82, 2.24) is 19.7 Å². The van der Waals surface area contributed by atoms with Crippen molar-refractivity contribution < 1.29 is 0 Å². The summed E-state index contributed by atoms with van der Waals surface area (Å²) < 4.78 is 2.06. The maximum atomic E-state index is 4.73. The third-order valence-electron chi connectivity index (χ3n) is 3.49. The number of rotatable bonds is 2. The summed E-state index contributed by atoms with van der Waals surface area (Å²) in [6, 6.07) is 16.1. The highest BCUT2D eigenvalue weighted by molar-refractivity contribution is 5.76. The lowest BCUT2D eigenvalue weighted by Gasteiger charge is -2.10. The first kappa shape index (κ1) is 12.0. The molecule has 5 nitrogen and oxygen atoms in total. The van der Waals surface area contributed by atoms with E-state index in [1.165, 1.54) is 0 Å². The minimum Gasteiger partial charge on any atom is -0.303 e. The number of aliphatic imine (C=N–C) groups is 1. The summed E-state index contributed by atoms with van der Waals surface area (Å²) in [5.74, 6) is 1.59. The number of aromatic nitrogens is 4. The smallest absolute Gasteiger partial charge is 0.183 e. The Labute approximate surface area is 122 Å². The standard InChI is InChI=1S/C16H13N5/c1-2-5-12(6-3-1)13-7-4-8-14(18-13)16-20-19-15-11-17-9-10-21(15)16/h1-8,11H,9-10H2. The van der Waals surface area contributed by atoms with E-state index < -0.39 is 0 Å². The number of benzene rings is 1. The lowest BCUT2D eigenvalue weighted by atomic mass is 10.1. The number of pyridine rings is 1. The van der Waals surface area contributed by atoms with Gasteiger partial charge in [-0.2, -0.15) is 0 Å². The molecule has 0 saturated heterocycles. The molecule has 0 saturated carbocycles. The fourth-order valence-electron chi connectivity index (χ4n) is 2.45. The van der Waals surface area contributed by atoms with Gasteiger partial charge in [-0.15, -0.1) is 10.2 Å². The van der Waals surface area contributed by atoms with Crippen LogP contribution in [0.2, 0.25) is 0 Å². The highest BCUT2D eigenvalue weighted by atomic mass is 15.3. The molecule has 0 unspecified atom stereocenters. The van der Waals surface area contributed by atoms with Crippen LogP contribution in [0, 0.1) is 0 Å². The Bertz CT molecular complexity index is 805. The van der Waals surface area contributed by atoms with Crippen molar-refractivity contribution in [3.8, 4) is 22.8 Å². The second kappa shape index (κ2) is 4.94. The van der Waals surface area contributed by atoms with Crippen LogP contribution in [0.15, 0.2) is 53.5 Å². The van der Waals surface area contributed by atoms with Gasteiger partial charge in [0.2, 0.25) is 0 Å². The summed E-state index contributed by atoms with van der Waals surface area (Å²) in [5, 5.41) is 8.42. The van der Waals surface area contributed by atoms with Gasteiger partial charge >= 0.3 is 0 Å².